The van der Waals surface area contributed by atoms with Crippen LogP contribution in [0.15, 0.2) is 47.4 Å². The van der Waals surface area contributed by atoms with E-state index in [-0.39, 0.29) is 10.8 Å². The Morgan fingerprint density at radius 3 is 2.13 bits per heavy atom. The molecule has 30 heavy (non-hydrogen) atoms. The summed E-state index contributed by atoms with van der Waals surface area (Å²) >= 11 is 0. The van der Waals surface area contributed by atoms with Gasteiger partial charge in [-0.15, -0.1) is 0 Å². The highest BCUT2D eigenvalue weighted by Crippen LogP contribution is 2.24. The molecule has 0 radical (unpaired) electrons. The highest BCUT2D eigenvalue weighted by atomic mass is 32.2. The first-order valence-corrected chi connectivity index (χ1v) is 11.4. The monoisotopic (exact) mass is 432 g/mol. The highest BCUT2D eigenvalue weighted by Gasteiger charge is 2.28. The van der Waals surface area contributed by atoms with Crippen molar-refractivity contribution in [2.75, 3.05) is 27.3 Å². The summed E-state index contributed by atoms with van der Waals surface area (Å²) in [7, 11) is -0.391. The van der Waals surface area contributed by atoms with Crippen molar-refractivity contribution in [3.05, 3.63) is 53.6 Å². The van der Waals surface area contributed by atoms with Crippen LogP contribution in [-0.4, -0.2) is 45.9 Å². The largest absolute Gasteiger partial charge is 0.497 e. The summed E-state index contributed by atoms with van der Waals surface area (Å²) in [4.78, 5) is 12.7. The summed E-state index contributed by atoms with van der Waals surface area (Å²) in [5.74, 6) is 1.54. The van der Waals surface area contributed by atoms with Crippen LogP contribution < -0.4 is 14.8 Å². The van der Waals surface area contributed by atoms with Crippen LogP contribution in [-0.2, 0) is 16.6 Å². The maximum Gasteiger partial charge on any atom is 0.251 e. The minimum absolute atomic E-state index is 0.214. The molecule has 1 N–H and O–H groups in total. The van der Waals surface area contributed by atoms with Gasteiger partial charge in [-0.25, -0.2) is 8.42 Å². The lowest BCUT2D eigenvalue weighted by Gasteiger charge is -2.29. The van der Waals surface area contributed by atoms with Crippen molar-refractivity contribution >= 4 is 15.9 Å². The van der Waals surface area contributed by atoms with E-state index in [1.54, 1.807) is 32.4 Å². The van der Waals surface area contributed by atoms with Crippen molar-refractivity contribution in [2.45, 2.75) is 31.2 Å². The molecule has 0 aromatic heterocycles. The van der Waals surface area contributed by atoms with Crippen molar-refractivity contribution in [3.8, 4) is 11.5 Å². The van der Waals surface area contributed by atoms with E-state index in [0.29, 0.717) is 42.6 Å². The van der Waals surface area contributed by atoms with E-state index < -0.39 is 10.0 Å². The van der Waals surface area contributed by atoms with Gasteiger partial charge in [0.1, 0.15) is 11.5 Å². The molecule has 3 rings (SSSR count). The van der Waals surface area contributed by atoms with E-state index >= 15 is 0 Å². The minimum atomic E-state index is -3.52. The molecular weight excluding hydrogens is 404 g/mol. The third-order valence-corrected chi connectivity index (χ3v) is 7.27. The SMILES string of the molecule is COc1cc(CNC(=O)c2ccc(S(=O)(=O)N3CCC(C)CC3)cc2)cc(OC)c1. The van der Waals surface area contributed by atoms with Crippen LogP contribution in [0.3, 0.4) is 0 Å². The molecule has 0 unspecified atom stereocenters. The Kier molecular flexibility index (Phi) is 6.99. The molecular formula is C22H28N2O5S. The summed E-state index contributed by atoms with van der Waals surface area (Å²) in [6, 6.07) is 11.5. The zero-order valence-electron chi connectivity index (χ0n) is 17.6. The molecule has 8 heteroatoms. The number of sulfonamides is 1. The first-order valence-electron chi connectivity index (χ1n) is 9.94. The maximum absolute atomic E-state index is 12.8. The summed E-state index contributed by atoms with van der Waals surface area (Å²) in [5, 5.41) is 2.83. The molecule has 2 aromatic rings. The Hall–Kier alpha value is -2.58. The Labute approximate surface area is 178 Å². The van der Waals surface area contributed by atoms with Gasteiger partial charge in [-0.2, -0.15) is 4.31 Å². The molecule has 0 bridgehead atoms. The van der Waals surface area contributed by atoms with Crippen molar-refractivity contribution in [2.24, 2.45) is 5.92 Å². The van der Waals surface area contributed by atoms with E-state index in [9.17, 15) is 13.2 Å². The van der Waals surface area contributed by atoms with Crippen molar-refractivity contribution in [1.29, 1.82) is 0 Å². The zero-order valence-corrected chi connectivity index (χ0v) is 18.4. The van der Waals surface area contributed by atoms with Gasteiger partial charge < -0.3 is 14.8 Å². The summed E-state index contributed by atoms with van der Waals surface area (Å²) in [6.07, 6.45) is 1.74. The number of carbonyl (C=O) groups is 1. The lowest BCUT2D eigenvalue weighted by Crippen LogP contribution is -2.37. The van der Waals surface area contributed by atoms with Gasteiger partial charge in [0.15, 0.2) is 0 Å². The maximum atomic E-state index is 12.8. The first-order chi connectivity index (χ1) is 14.3. The normalized spacial score (nSPS) is 15.6. The number of amides is 1. The van der Waals surface area contributed by atoms with Crippen LogP contribution in [0.1, 0.15) is 35.7 Å². The quantitative estimate of drug-likeness (QED) is 0.727. The van der Waals surface area contributed by atoms with Gasteiger partial charge in [0, 0.05) is 31.3 Å². The van der Waals surface area contributed by atoms with Crippen LogP contribution in [0.2, 0.25) is 0 Å². The average molecular weight is 433 g/mol. The molecule has 2 aromatic carbocycles. The van der Waals surface area contributed by atoms with Crippen LogP contribution in [0.25, 0.3) is 0 Å². The van der Waals surface area contributed by atoms with Crippen LogP contribution in [0.4, 0.5) is 0 Å². The fourth-order valence-corrected chi connectivity index (χ4v) is 4.88. The number of ether oxygens (including phenoxy) is 2. The van der Waals surface area contributed by atoms with Crippen LogP contribution in [0, 0.1) is 5.92 Å². The lowest BCUT2D eigenvalue weighted by atomic mass is 10.0. The third-order valence-electron chi connectivity index (χ3n) is 5.36. The Bertz CT molecular complexity index is 959. The number of hydrogen-bond donors (Lipinski definition) is 1. The number of carbonyl (C=O) groups excluding carboxylic acids is 1. The molecule has 0 saturated carbocycles. The van der Waals surface area contributed by atoms with E-state index in [2.05, 4.69) is 12.2 Å². The summed E-state index contributed by atoms with van der Waals surface area (Å²) in [6.45, 7) is 3.50. The molecule has 7 nitrogen and oxygen atoms in total. The first kappa shape index (κ1) is 22.1. The lowest BCUT2D eigenvalue weighted by molar-refractivity contribution is 0.0950. The number of piperidine rings is 1. The molecule has 1 saturated heterocycles. The van der Waals surface area contributed by atoms with E-state index in [0.717, 1.165) is 18.4 Å². The van der Waals surface area contributed by atoms with Gasteiger partial charge in [-0.05, 0) is 60.7 Å². The van der Waals surface area contributed by atoms with Gasteiger partial charge in [0.05, 0.1) is 19.1 Å². The van der Waals surface area contributed by atoms with Gasteiger partial charge in [-0.1, -0.05) is 6.92 Å². The molecule has 0 spiro atoms. The zero-order chi connectivity index (χ0) is 21.7. The number of benzene rings is 2. The van der Waals surface area contributed by atoms with Gasteiger partial charge in [0.2, 0.25) is 10.0 Å². The molecule has 1 aliphatic heterocycles. The van der Waals surface area contributed by atoms with Crippen LogP contribution >= 0.6 is 0 Å². The fraction of sp³-hybridized carbons (Fsp3) is 0.409. The topological polar surface area (TPSA) is 84.9 Å². The number of nitrogens with zero attached hydrogens (tertiary/aromatic N) is 1. The minimum Gasteiger partial charge on any atom is -0.497 e. The van der Waals surface area contributed by atoms with E-state index in [1.165, 1.54) is 16.4 Å². The second kappa shape index (κ2) is 9.49. The number of methoxy groups -OCH3 is 2. The molecule has 1 aliphatic rings. The Morgan fingerprint density at radius 2 is 1.60 bits per heavy atom. The van der Waals surface area contributed by atoms with E-state index in [1.807, 2.05) is 12.1 Å². The molecule has 1 amide bonds. The molecule has 162 valence electrons. The molecule has 0 atom stereocenters. The van der Waals surface area contributed by atoms with Crippen molar-refractivity contribution in [3.63, 3.8) is 0 Å². The van der Waals surface area contributed by atoms with Gasteiger partial charge in [-0.3, -0.25) is 4.79 Å². The van der Waals surface area contributed by atoms with Crippen molar-refractivity contribution in [1.82, 2.24) is 9.62 Å². The van der Waals surface area contributed by atoms with Crippen molar-refractivity contribution < 1.29 is 22.7 Å². The Morgan fingerprint density at radius 1 is 1.03 bits per heavy atom. The smallest absolute Gasteiger partial charge is 0.251 e. The standard InChI is InChI=1S/C22H28N2O5S/c1-16-8-10-24(11-9-16)30(26,27)21-6-4-18(5-7-21)22(25)23-15-17-12-19(28-2)14-20(13-17)29-3/h4-7,12-14,16H,8-11,15H2,1-3H3,(H,23,25). The molecule has 1 fully saturated rings. The predicted octanol–water partition coefficient (Wildman–Crippen LogP) is 3.05. The number of rotatable bonds is 7. The van der Waals surface area contributed by atoms with Gasteiger partial charge >= 0.3 is 0 Å². The average Bonchev–Trinajstić information content (AvgIpc) is 2.77. The number of hydrogen-bond acceptors (Lipinski definition) is 5. The Balaban J connectivity index is 1.65. The highest BCUT2D eigenvalue weighted by molar-refractivity contribution is 7.89. The summed E-state index contributed by atoms with van der Waals surface area (Å²) in [5.41, 5.74) is 1.23. The molecule has 1 heterocycles. The van der Waals surface area contributed by atoms with E-state index in [4.69, 9.17) is 9.47 Å². The third kappa shape index (κ3) is 5.12. The predicted molar refractivity (Wildman–Crippen MR) is 114 cm³/mol. The molecule has 0 aliphatic carbocycles. The number of nitrogens with one attached hydrogen (secondary N) is 1. The fourth-order valence-electron chi connectivity index (χ4n) is 3.41. The van der Waals surface area contributed by atoms with Crippen LogP contribution in [0.5, 0.6) is 11.5 Å². The van der Waals surface area contributed by atoms with Gasteiger partial charge in [0.25, 0.3) is 5.91 Å². The second-order valence-electron chi connectivity index (χ2n) is 7.51. The second-order valence-corrected chi connectivity index (χ2v) is 9.45. The summed E-state index contributed by atoms with van der Waals surface area (Å²) < 4.78 is 37.6.